The first-order valence-corrected chi connectivity index (χ1v) is 18.2. The molecule has 3 heteroatoms. The quantitative estimate of drug-likeness (QED) is 0.182. The monoisotopic (exact) mass is 668 g/mol. The van der Waals surface area contributed by atoms with Gasteiger partial charge in [-0.2, -0.15) is 0 Å². The second-order valence-electron chi connectivity index (χ2n) is 13.4. The van der Waals surface area contributed by atoms with Crippen molar-refractivity contribution in [3.8, 4) is 56.2 Å². The summed E-state index contributed by atoms with van der Waals surface area (Å²) in [6.07, 6.45) is 0. The first-order chi connectivity index (χ1) is 25.2. The molecule has 1 aliphatic carbocycles. The van der Waals surface area contributed by atoms with Crippen LogP contribution in [0.5, 0.6) is 0 Å². The lowest BCUT2D eigenvalue weighted by Crippen LogP contribution is -2.22. The van der Waals surface area contributed by atoms with Crippen LogP contribution in [0.15, 0.2) is 176 Å². The van der Waals surface area contributed by atoms with E-state index in [9.17, 15) is 0 Å². The summed E-state index contributed by atoms with van der Waals surface area (Å²) in [7, 11) is 0. The second-order valence-corrected chi connectivity index (χ2v) is 14.5. The molecule has 1 atom stereocenters. The summed E-state index contributed by atoms with van der Waals surface area (Å²) >= 11 is 1.85. The predicted molar refractivity (Wildman–Crippen MR) is 214 cm³/mol. The summed E-state index contributed by atoms with van der Waals surface area (Å²) < 4.78 is 2.61. The zero-order chi connectivity index (χ0) is 33.9. The Labute approximate surface area is 301 Å². The van der Waals surface area contributed by atoms with Crippen LogP contribution in [0.25, 0.3) is 76.3 Å². The molecule has 2 aromatic heterocycles. The van der Waals surface area contributed by atoms with Crippen LogP contribution in [0.2, 0.25) is 0 Å². The van der Waals surface area contributed by atoms with E-state index in [1.165, 1.54) is 53.6 Å². The number of fused-ring (bicyclic) bond motifs is 6. The van der Waals surface area contributed by atoms with Gasteiger partial charge in [-0.3, -0.25) is 0 Å². The molecule has 0 N–H and O–H groups in total. The molecular formula is C48H32N2S. The fraction of sp³-hybridized carbons (Fsp3) is 0.0417. The molecule has 51 heavy (non-hydrogen) atoms. The van der Waals surface area contributed by atoms with Crippen molar-refractivity contribution >= 4 is 31.5 Å². The zero-order valence-corrected chi connectivity index (χ0v) is 28.9. The molecule has 7 aromatic carbocycles. The molecule has 0 fully saturated rings. The molecule has 0 amide bonds. The standard InChI is InChI=1S/C48H32N2S/c1-48(33-17-6-3-7-18-33)40-24-12-10-22-37(40)46-38(23-14-25-41(46)48)43-30-42(49-47(50-43)31-15-4-2-5-16-31)35-20-9-8-19-34(35)32-27-28-45-39(29-32)36-21-11-13-26-44(36)51-45/h2-30H,1H3. The number of hydrogen-bond acceptors (Lipinski definition) is 3. The lowest BCUT2D eigenvalue weighted by atomic mass is 9.74. The lowest BCUT2D eigenvalue weighted by molar-refractivity contribution is 0.714. The number of thiophene rings is 1. The van der Waals surface area contributed by atoms with Crippen LogP contribution in [-0.4, -0.2) is 9.97 Å². The van der Waals surface area contributed by atoms with E-state index in [-0.39, 0.29) is 5.41 Å². The number of nitrogens with zero attached hydrogens (tertiary/aromatic N) is 2. The van der Waals surface area contributed by atoms with E-state index in [0.29, 0.717) is 5.82 Å². The largest absolute Gasteiger partial charge is 0.228 e. The van der Waals surface area contributed by atoms with Crippen LogP contribution in [-0.2, 0) is 5.41 Å². The highest BCUT2D eigenvalue weighted by Crippen LogP contribution is 2.55. The highest BCUT2D eigenvalue weighted by Gasteiger charge is 2.41. The third kappa shape index (κ3) is 4.70. The lowest BCUT2D eigenvalue weighted by Gasteiger charge is -2.28. The summed E-state index contributed by atoms with van der Waals surface area (Å²) in [6.45, 7) is 2.36. The Hall–Kier alpha value is -6.16. The zero-order valence-electron chi connectivity index (χ0n) is 28.0. The van der Waals surface area contributed by atoms with Crippen LogP contribution in [0, 0.1) is 0 Å². The summed E-state index contributed by atoms with van der Waals surface area (Å²) in [5, 5.41) is 2.59. The van der Waals surface area contributed by atoms with E-state index in [4.69, 9.17) is 9.97 Å². The summed E-state index contributed by atoms with van der Waals surface area (Å²) in [5.41, 5.74) is 13.4. The average Bonchev–Trinajstić information content (AvgIpc) is 3.71. The van der Waals surface area contributed by atoms with Crippen LogP contribution in [0.1, 0.15) is 23.6 Å². The number of benzene rings is 7. The molecule has 240 valence electrons. The maximum atomic E-state index is 5.33. The minimum absolute atomic E-state index is 0.293. The van der Waals surface area contributed by atoms with E-state index < -0.39 is 0 Å². The molecule has 1 unspecified atom stereocenters. The van der Waals surface area contributed by atoms with Gasteiger partial charge in [-0.25, -0.2) is 9.97 Å². The van der Waals surface area contributed by atoms with Crippen molar-refractivity contribution in [3.63, 3.8) is 0 Å². The maximum absolute atomic E-state index is 5.33. The number of hydrogen-bond donors (Lipinski definition) is 0. The van der Waals surface area contributed by atoms with E-state index in [1.807, 2.05) is 17.4 Å². The summed E-state index contributed by atoms with van der Waals surface area (Å²) in [4.78, 5) is 10.6. The van der Waals surface area contributed by atoms with E-state index in [0.717, 1.165) is 33.6 Å². The van der Waals surface area contributed by atoms with Crippen molar-refractivity contribution in [2.75, 3.05) is 0 Å². The van der Waals surface area contributed by atoms with E-state index in [1.54, 1.807) is 0 Å². The SMILES string of the molecule is CC1(c2ccccc2)c2ccccc2-c2c(-c3cc(-c4ccccc4-c4ccc5sc6ccccc6c5c4)nc(-c4ccccc4)n3)cccc21. The van der Waals surface area contributed by atoms with Gasteiger partial charge in [0.25, 0.3) is 0 Å². The van der Waals surface area contributed by atoms with Crippen molar-refractivity contribution in [1.82, 2.24) is 9.97 Å². The minimum Gasteiger partial charge on any atom is -0.228 e. The van der Waals surface area contributed by atoms with Gasteiger partial charge in [0, 0.05) is 42.3 Å². The molecule has 0 spiro atoms. The van der Waals surface area contributed by atoms with Gasteiger partial charge in [-0.15, -0.1) is 11.3 Å². The molecule has 2 nitrogen and oxygen atoms in total. The molecule has 0 aliphatic heterocycles. The Morgan fingerprint density at radius 2 is 1.04 bits per heavy atom. The predicted octanol–water partition coefficient (Wildman–Crippen LogP) is 12.8. The van der Waals surface area contributed by atoms with Gasteiger partial charge in [0.05, 0.1) is 11.4 Å². The molecule has 10 rings (SSSR count). The molecule has 9 aromatic rings. The van der Waals surface area contributed by atoms with Crippen LogP contribution in [0.4, 0.5) is 0 Å². The molecule has 0 saturated carbocycles. The van der Waals surface area contributed by atoms with Crippen LogP contribution < -0.4 is 0 Å². The Morgan fingerprint density at radius 3 is 1.86 bits per heavy atom. The van der Waals surface area contributed by atoms with Gasteiger partial charge in [0.15, 0.2) is 5.82 Å². The highest BCUT2D eigenvalue weighted by atomic mass is 32.1. The van der Waals surface area contributed by atoms with Gasteiger partial charge in [-0.05, 0) is 70.1 Å². The Kier molecular flexibility index (Phi) is 6.83. The van der Waals surface area contributed by atoms with Crippen molar-refractivity contribution in [2.24, 2.45) is 0 Å². The molecule has 0 bridgehead atoms. The minimum atomic E-state index is -0.293. The molecule has 2 heterocycles. The third-order valence-electron chi connectivity index (χ3n) is 10.6. The van der Waals surface area contributed by atoms with E-state index >= 15 is 0 Å². The van der Waals surface area contributed by atoms with Gasteiger partial charge < -0.3 is 0 Å². The Morgan fingerprint density at radius 1 is 0.431 bits per heavy atom. The van der Waals surface area contributed by atoms with Crippen LogP contribution in [0.3, 0.4) is 0 Å². The fourth-order valence-electron chi connectivity index (χ4n) is 8.13. The van der Waals surface area contributed by atoms with Gasteiger partial charge in [0.1, 0.15) is 0 Å². The van der Waals surface area contributed by atoms with Gasteiger partial charge in [0.2, 0.25) is 0 Å². The smallest absolute Gasteiger partial charge is 0.160 e. The average molecular weight is 669 g/mol. The van der Waals surface area contributed by atoms with Gasteiger partial charge in [-0.1, -0.05) is 152 Å². The Balaban J connectivity index is 1.20. The van der Waals surface area contributed by atoms with Crippen molar-refractivity contribution in [1.29, 1.82) is 0 Å². The highest BCUT2D eigenvalue weighted by molar-refractivity contribution is 7.25. The molecule has 1 aliphatic rings. The van der Waals surface area contributed by atoms with Gasteiger partial charge >= 0.3 is 0 Å². The second kappa shape index (κ2) is 11.7. The van der Waals surface area contributed by atoms with Crippen LogP contribution >= 0.6 is 11.3 Å². The molecule has 0 radical (unpaired) electrons. The van der Waals surface area contributed by atoms with Crippen molar-refractivity contribution < 1.29 is 0 Å². The molecule has 0 saturated heterocycles. The van der Waals surface area contributed by atoms with Crippen molar-refractivity contribution in [3.05, 3.63) is 193 Å². The summed E-state index contributed by atoms with van der Waals surface area (Å²) in [5.74, 6) is 0.715. The van der Waals surface area contributed by atoms with Crippen molar-refractivity contribution in [2.45, 2.75) is 12.3 Å². The van der Waals surface area contributed by atoms with E-state index in [2.05, 4.69) is 177 Å². The molecular weight excluding hydrogens is 637 g/mol. The Bertz CT molecular complexity index is 2760. The normalized spacial score (nSPS) is 14.8. The third-order valence-corrected chi connectivity index (χ3v) is 11.8. The maximum Gasteiger partial charge on any atom is 0.160 e. The number of aromatic nitrogens is 2. The summed E-state index contributed by atoms with van der Waals surface area (Å²) in [6, 6.07) is 63.2. The first kappa shape index (κ1) is 29.7. The first-order valence-electron chi connectivity index (χ1n) is 17.4. The topological polar surface area (TPSA) is 25.8 Å². The number of rotatable bonds is 5. The fourth-order valence-corrected chi connectivity index (χ4v) is 9.22.